The largest absolute Gasteiger partial charge is 0.460 e. The summed E-state index contributed by atoms with van der Waals surface area (Å²) in [5.74, 6) is -23.4. The minimum absolute atomic E-state index is 0.323. The molecular weight excluding hydrogens is 481 g/mol. The number of pyridine rings is 1. The number of alkyl halides is 9. The Morgan fingerprint density at radius 1 is 1.00 bits per heavy atom. The molecule has 0 amide bonds. The van der Waals surface area contributed by atoms with Gasteiger partial charge in [-0.3, -0.25) is 4.98 Å². The van der Waals surface area contributed by atoms with Crippen LogP contribution in [0.4, 0.5) is 39.5 Å². The molecule has 0 saturated heterocycles. The Morgan fingerprint density at radius 3 is 2.06 bits per heavy atom. The van der Waals surface area contributed by atoms with Gasteiger partial charge in [0.15, 0.2) is 15.7 Å². The van der Waals surface area contributed by atoms with Gasteiger partial charge in [0.2, 0.25) is 0 Å². The van der Waals surface area contributed by atoms with Crippen molar-refractivity contribution in [2.45, 2.75) is 48.6 Å². The van der Waals surface area contributed by atoms with E-state index >= 15 is 0 Å². The van der Waals surface area contributed by atoms with Crippen molar-refractivity contribution in [3.8, 4) is 11.5 Å². The fourth-order valence-electron chi connectivity index (χ4n) is 2.85. The molecule has 5 nitrogen and oxygen atoms in total. The molecule has 1 atom stereocenters. The third-order valence-corrected chi connectivity index (χ3v) is 6.64. The molecule has 15 heteroatoms. The van der Waals surface area contributed by atoms with Gasteiger partial charge in [-0.2, -0.15) is 39.5 Å². The minimum atomic E-state index is -7.03. The van der Waals surface area contributed by atoms with E-state index in [-0.39, 0.29) is 16.3 Å². The van der Waals surface area contributed by atoms with Crippen molar-refractivity contribution in [3.05, 3.63) is 30.2 Å². The number of halogens is 9. The summed E-state index contributed by atoms with van der Waals surface area (Å²) in [5, 5.41) is 0. The van der Waals surface area contributed by atoms with E-state index in [0.29, 0.717) is 17.7 Å². The second kappa shape index (κ2) is 7.92. The molecule has 0 spiro atoms. The third kappa shape index (κ3) is 3.83. The van der Waals surface area contributed by atoms with Crippen LogP contribution in [0, 0.1) is 0 Å². The van der Waals surface area contributed by atoms with Crippen LogP contribution in [0.15, 0.2) is 29.4 Å². The van der Waals surface area contributed by atoms with E-state index in [9.17, 15) is 47.9 Å². The average Bonchev–Trinajstić information content (AvgIpc) is 3.07. The molecule has 32 heavy (non-hydrogen) atoms. The Morgan fingerprint density at radius 2 is 1.56 bits per heavy atom. The molecule has 2 aromatic heterocycles. The summed E-state index contributed by atoms with van der Waals surface area (Å²) in [4.78, 5) is 7.12. The normalized spacial score (nSPS) is 15.1. The van der Waals surface area contributed by atoms with Crippen LogP contribution in [-0.2, 0) is 16.9 Å². The lowest BCUT2D eigenvalue weighted by Crippen LogP contribution is -2.62. The van der Waals surface area contributed by atoms with Crippen molar-refractivity contribution < 1.29 is 47.9 Å². The van der Waals surface area contributed by atoms with Crippen molar-refractivity contribution in [1.29, 1.82) is 0 Å². The molecule has 0 fully saturated rings. The quantitative estimate of drug-likeness (QED) is 0.514. The zero-order chi connectivity index (χ0) is 24.9. The second-order valence-corrected chi connectivity index (χ2v) is 9.06. The topological polar surface area (TPSA) is 64.8 Å². The molecule has 0 aliphatic carbocycles. The summed E-state index contributed by atoms with van der Waals surface area (Å²) in [6.45, 7) is 1.63. The van der Waals surface area contributed by atoms with Crippen molar-refractivity contribution in [3.63, 3.8) is 0 Å². The number of nitrogens with zero attached hydrogens (tertiary/aromatic N) is 3. The maximum absolute atomic E-state index is 14.3. The Bertz CT molecular complexity index is 1090. The van der Waals surface area contributed by atoms with E-state index in [2.05, 4.69) is 9.97 Å². The highest BCUT2D eigenvalue weighted by atomic mass is 32.2. The van der Waals surface area contributed by atoms with Gasteiger partial charge in [0.1, 0.15) is 5.69 Å². The van der Waals surface area contributed by atoms with Gasteiger partial charge >= 0.3 is 23.9 Å². The summed E-state index contributed by atoms with van der Waals surface area (Å²) < 4.78 is 145. The summed E-state index contributed by atoms with van der Waals surface area (Å²) >= 11 is 0. The predicted octanol–water partition coefficient (Wildman–Crippen LogP) is 4.85. The van der Waals surface area contributed by atoms with Crippen molar-refractivity contribution in [2.24, 2.45) is 7.05 Å². The van der Waals surface area contributed by atoms with Crippen molar-refractivity contribution >= 4 is 9.84 Å². The standard InChI is InChI=1S/C17H16F9N3O2S/c1-4-32(30,31)11-6-5-7-27-12(11)13-28-8-10(29(13)3)9(2)14(18,19)15(20,21)16(22,23)17(24,25)26/h5-9H,4H2,1-3H3/t9-/m0/s1. The molecule has 2 heterocycles. The van der Waals surface area contributed by atoms with Crippen molar-refractivity contribution in [2.75, 3.05) is 5.75 Å². The van der Waals surface area contributed by atoms with Crippen LogP contribution >= 0.6 is 0 Å². The second-order valence-electron chi connectivity index (χ2n) is 6.81. The fourth-order valence-corrected chi connectivity index (χ4v) is 3.89. The fraction of sp³-hybridized carbons (Fsp3) is 0.529. The predicted molar refractivity (Wildman–Crippen MR) is 93.5 cm³/mol. The highest BCUT2D eigenvalue weighted by Crippen LogP contribution is 2.56. The molecule has 0 N–H and O–H groups in total. The smallest absolute Gasteiger partial charge is 0.329 e. The highest BCUT2D eigenvalue weighted by Gasteiger charge is 2.82. The van der Waals surface area contributed by atoms with Gasteiger partial charge in [-0.25, -0.2) is 13.4 Å². The molecule has 0 radical (unpaired) electrons. The average molecular weight is 497 g/mol. The maximum Gasteiger partial charge on any atom is 0.460 e. The monoisotopic (exact) mass is 497 g/mol. The lowest BCUT2D eigenvalue weighted by Gasteiger charge is -2.36. The first-order valence-electron chi connectivity index (χ1n) is 8.74. The van der Waals surface area contributed by atoms with E-state index in [4.69, 9.17) is 0 Å². The minimum Gasteiger partial charge on any atom is -0.329 e. The molecule has 0 aromatic carbocycles. The van der Waals surface area contributed by atoms with Crippen LogP contribution in [0.2, 0.25) is 0 Å². The van der Waals surface area contributed by atoms with Gasteiger partial charge < -0.3 is 4.57 Å². The van der Waals surface area contributed by atoms with Crippen LogP contribution in [0.25, 0.3) is 11.5 Å². The Kier molecular flexibility index (Phi) is 6.42. The number of aromatic nitrogens is 3. The van der Waals surface area contributed by atoms with E-state index in [0.717, 1.165) is 19.3 Å². The van der Waals surface area contributed by atoms with Crippen LogP contribution in [0.1, 0.15) is 25.5 Å². The lowest BCUT2D eigenvalue weighted by atomic mass is 9.90. The van der Waals surface area contributed by atoms with Crippen LogP contribution < -0.4 is 0 Å². The number of rotatable bonds is 7. The van der Waals surface area contributed by atoms with Crippen molar-refractivity contribution in [1.82, 2.24) is 14.5 Å². The number of sulfone groups is 1. The molecule has 2 rings (SSSR count). The lowest BCUT2D eigenvalue weighted by molar-refractivity contribution is -0.398. The first-order chi connectivity index (χ1) is 14.3. The van der Waals surface area contributed by atoms with Gasteiger partial charge in [0.05, 0.1) is 16.6 Å². The van der Waals surface area contributed by atoms with Gasteiger partial charge in [0.25, 0.3) is 0 Å². The molecule has 180 valence electrons. The highest BCUT2D eigenvalue weighted by molar-refractivity contribution is 7.91. The Balaban J connectivity index is 2.61. The first-order valence-corrected chi connectivity index (χ1v) is 10.4. The van der Waals surface area contributed by atoms with Crippen LogP contribution in [-0.4, -0.2) is 52.6 Å². The molecular formula is C17H16F9N3O2S. The van der Waals surface area contributed by atoms with Gasteiger partial charge in [-0.15, -0.1) is 0 Å². The molecule has 0 saturated carbocycles. The SMILES string of the molecule is CCS(=O)(=O)c1cccnc1-c1ncc([C@H](C)C(F)(F)C(F)(F)C(F)(F)C(F)(F)F)n1C. The summed E-state index contributed by atoms with van der Waals surface area (Å²) in [6.07, 6.45) is -5.25. The number of hydrogen-bond acceptors (Lipinski definition) is 4. The summed E-state index contributed by atoms with van der Waals surface area (Å²) in [6, 6.07) is 2.39. The number of imidazole rings is 1. The van der Waals surface area contributed by atoms with Crippen LogP contribution in [0.3, 0.4) is 0 Å². The Labute approximate surface area is 176 Å². The molecule has 0 aliphatic heterocycles. The first kappa shape index (κ1) is 25.9. The van der Waals surface area contributed by atoms with E-state index in [1.165, 1.54) is 13.0 Å². The van der Waals surface area contributed by atoms with Gasteiger partial charge in [-0.05, 0) is 12.1 Å². The van der Waals surface area contributed by atoms with Gasteiger partial charge in [0, 0.05) is 25.1 Å². The molecule has 2 aromatic rings. The maximum atomic E-state index is 14.3. The summed E-state index contributed by atoms with van der Waals surface area (Å²) in [7, 11) is -2.93. The van der Waals surface area contributed by atoms with E-state index in [1.807, 2.05) is 0 Å². The van der Waals surface area contributed by atoms with Crippen LogP contribution in [0.5, 0.6) is 0 Å². The van der Waals surface area contributed by atoms with E-state index in [1.54, 1.807) is 0 Å². The molecule has 0 bridgehead atoms. The van der Waals surface area contributed by atoms with E-state index < -0.39 is 51.2 Å². The third-order valence-electron chi connectivity index (χ3n) is 4.88. The molecule has 0 aliphatic rings. The zero-order valence-corrected chi connectivity index (χ0v) is 17.4. The van der Waals surface area contributed by atoms with Gasteiger partial charge in [-0.1, -0.05) is 13.8 Å². The molecule has 0 unspecified atom stereocenters. The zero-order valence-electron chi connectivity index (χ0n) is 16.6. The number of hydrogen-bond donors (Lipinski definition) is 0. The summed E-state index contributed by atoms with van der Waals surface area (Å²) in [5.41, 5.74) is -1.20. The Hall–Kier alpha value is -2.32.